The van der Waals surface area contributed by atoms with Crippen LogP contribution in [0, 0.1) is 0 Å². The second-order valence-corrected chi connectivity index (χ2v) is 7.74. The molecule has 0 aromatic heterocycles. The molecule has 0 aromatic rings. The molecule has 9 nitrogen and oxygen atoms in total. The van der Waals surface area contributed by atoms with Gasteiger partial charge in [0.15, 0.2) is 5.96 Å². The highest BCUT2D eigenvalue weighted by Crippen LogP contribution is 2.04. The minimum atomic E-state index is -3.15. The van der Waals surface area contributed by atoms with Gasteiger partial charge in [0.05, 0.1) is 12.9 Å². The predicted octanol–water partition coefficient (Wildman–Crippen LogP) is 0.00750. The molecule has 0 atom stereocenters. The minimum Gasteiger partial charge on any atom is -0.450 e. The highest BCUT2D eigenvalue weighted by Gasteiger charge is 2.23. The molecule has 1 aliphatic rings. The van der Waals surface area contributed by atoms with Crippen molar-refractivity contribution < 1.29 is 17.9 Å². The number of piperazine rings is 1. The van der Waals surface area contributed by atoms with Crippen molar-refractivity contribution in [3.63, 3.8) is 0 Å². The van der Waals surface area contributed by atoms with Crippen LogP contribution < -0.4 is 5.32 Å². The number of nitrogens with one attached hydrogen (secondary N) is 1. The number of aliphatic imine (C=N–C) groups is 1. The molecule has 1 rings (SSSR count). The molecule has 1 N–H and O–H groups in total. The van der Waals surface area contributed by atoms with Gasteiger partial charge in [0, 0.05) is 52.9 Å². The Morgan fingerprint density at radius 2 is 1.80 bits per heavy atom. The number of rotatable bonds is 7. The Labute approximate surface area is 151 Å². The molecule has 10 heteroatoms. The van der Waals surface area contributed by atoms with Crippen LogP contribution in [0.4, 0.5) is 4.79 Å². The first-order valence-corrected chi connectivity index (χ1v) is 10.5. The third kappa shape index (κ3) is 7.07. The van der Waals surface area contributed by atoms with E-state index in [2.05, 4.69) is 15.2 Å². The summed E-state index contributed by atoms with van der Waals surface area (Å²) in [6.45, 7) is 8.15. The second kappa shape index (κ2) is 10.4. The van der Waals surface area contributed by atoms with E-state index in [4.69, 9.17) is 4.74 Å². The average molecular weight is 378 g/mol. The zero-order chi connectivity index (χ0) is 18.9. The maximum absolute atomic E-state index is 11.7. The number of carbonyl (C=O) groups is 1. The predicted molar refractivity (Wildman–Crippen MR) is 98.2 cm³/mol. The van der Waals surface area contributed by atoms with Crippen LogP contribution in [0.25, 0.3) is 0 Å². The number of hydrogen-bond donors (Lipinski definition) is 1. The van der Waals surface area contributed by atoms with Crippen molar-refractivity contribution in [2.45, 2.75) is 20.3 Å². The number of guanidine groups is 1. The van der Waals surface area contributed by atoms with E-state index in [1.807, 2.05) is 6.92 Å². The number of hydrogen-bond acceptors (Lipinski definition) is 5. The lowest BCUT2D eigenvalue weighted by Crippen LogP contribution is -2.54. The first-order chi connectivity index (χ1) is 11.8. The van der Waals surface area contributed by atoms with Gasteiger partial charge in [-0.2, -0.15) is 0 Å². The van der Waals surface area contributed by atoms with E-state index in [-0.39, 0.29) is 6.09 Å². The Morgan fingerprint density at radius 1 is 1.20 bits per heavy atom. The molecule has 0 unspecified atom stereocenters. The number of sulfonamides is 1. The maximum Gasteiger partial charge on any atom is 0.409 e. The summed E-state index contributed by atoms with van der Waals surface area (Å²) in [6, 6.07) is 0. The number of ether oxygens (including phenoxy) is 1. The molecule has 1 saturated heterocycles. The quantitative estimate of drug-likeness (QED) is 0.381. The van der Waals surface area contributed by atoms with Crippen molar-refractivity contribution in [3.8, 4) is 0 Å². The standard InChI is InChI=1S/C15H31N5O4S/c1-5-20(25(4,22)23)9-7-8-17-14(16-3)18-10-12-19(13-11-18)15(21)24-6-2/h5-13H2,1-4H3,(H,16,17). The smallest absolute Gasteiger partial charge is 0.409 e. The monoisotopic (exact) mass is 377 g/mol. The molecule has 1 amide bonds. The molecular formula is C15H31N5O4S. The molecule has 0 bridgehead atoms. The summed E-state index contributed by atoms with van der Waals surface area (Å²) in [7, 11) is -1.43. The molecule has 0 radical (unpaired) electrons. The number of carbonyl (C=O) groups excluding carboxylic acids is 1. The van der Waals surface area contributed by atoms with Crippen molar-refractivity contribution in [1.29, 1.82) is 0 Å². The SMILES string of the molecule is CCOC(=O)N1CCN(C(=NC)NCCCN(CC)S(C)(=O)=O)CC1. The van der Waals surface area contributed by atoms with Crippen LogP contribution >= 0.6 is 0 Å². The number of amides is 1. The van der Waals surface area contributed by atoms with Crippen LogP contribution in [0.15, 0.2) is 4.99 Å². The Hall–Kier alpha value is -1.55. The Morgan fingerprint density at radius 3 is 2.28 bits per heavy atom. The van der Waals surface area contributed by atoms with E-state index in [9.17, 15) is 13.2 Å². The molecule has 146 valence electrons. The van der Waals surface area contributed by atoms with Gasteiger partial charge in [0.2, 0.25) is 10.0 Å². The largest absolute Gasteiger partial charge is 0.450 e. The summed E-state index contributed by atoms with van der Waals surface area (Å²) in [5.41, 5.74) is 0. The molecular weight excluding hydrogens is 346 g/mol. The molecule has 0 aliphatic carbocycles. The van der Waals surface area contributed by atoms with Crippen LogP contribution in [-0.4, -0.2) is 100 Å². The summed E-state index contributed by atoms with van der Waals surface area (Å²) < 4.78 is 29.6. The Kier molecular flexibility index (Phi) is 8.98. The second-order valence-electron chi connectivity index (χ2n) is 5.76. The summed E-state index contributed by atoms with van der Waals surface area (Å²) in [6.07, 6.45) is 1.65. The van der Waals surface area contributed by atoms with Gasteiger partial charge >= 0.3 is 6.09 Å². The molecule has 25 heavy (non-hydrogen) atoms. The summed E-state index contributed by atoms with van der Waals surface area (Å²) >= 11 is 0. The van der Waals surface area contributed by atoms with Gasteiger partial charge in [0.1, 0.15) is 0 Å². The maximum atomic E-state index is 11.7. The highest BCUT2D eigenvalue weighted by atomic mass is 32.2. The van der Waals surface area contributed by atoms with E-state index in [0.29, 0.717) is 58.8 Å². The lowest BCUT2D eigenvalue weighted by atomic mass is 10.3. The average Bonchev–Trinajstić information content (AvgIpc) is 2.57. The summed E-state index contributed by atoms with van der Waals surface area (Å²) in [5, 5.41) is 3.26. The van der Waals surface area contributed by atoms with Gasteiger partial charge in [-0.25, -0.2) is 17.5 Å². The Bertz CT molecular complexity index is 544. The summed E-state index contributed by atoms with van der Waals surface area (Å²) in [4.78, 5) is 19.8. The van der Waals surface area contributed by atoms with Gasteiger partial charge < -0.3 is 19.9 Å². The lowest BCUT2D eigenvalue weighted by Gasteiger charge is -2.35. The van der Waals surface area contributed by atoms with Crippen molar-refractivity contribution in [3.05, 3.63) is 0 Å². The van der Waals surface area contributed by atoms with Crippen LogP contribution in [0.1, 0.15) is 20.3 Å². The fraction of sp³-hybridized carbons (Fsp3) is 0.867. The van der Waals surface area contributed by atoms with E-state index in [0.717, 1.165) is 5.96 Å². The summed E-state index contributed by atoms with van der Waals surface area (Å²) in [5.74, 6) is 0.769. The van der Waals surface area contributed by atoms with Gasteiger partial charge in [0.25, 0.3) is 0 Å². The van der Waals surface area contributed by atoms with Gasteiger partial charge in [-0.15, -0.1) is 0 Å². The van der Waals surface area contributed by atoms with E-state index < -0.39 is 10.0 Å². The van der Waals surface area contributed by atoms with Crippen molar-refractivity contribution in [2.24, 2.45) is 4.99 Å². The molecule has 0 saturated carbocycles. The van der Waals surface area contributed by atoms with Crippen LogP contribution in [0.5, 0.6) is 0 Å². The number of nitrogens with zero attached hydrogens (tertiary/aromatic N) is 4. The topological polar surface area (TPSA) is 94.6 Å². The first kappa shape index (κ1) is 21.5. The van der Waals surface area contributed by atoms with Gasteiger partial charge in [-0.3, -0.25) is 4.99 Å². The fourth-order valence-corrected chi connectivity index (χ4v) is 3.59. The van der Waals surface area contributed by atoms with E-state index >= 15 is 0 Å². The highest BCUT2D eigenvalue weighted by molar-refractivity contribution is 7.88. The van der Waals surface area contributed by atoms with Crippen molar-refractivity contribution in [1.82, 2.24) is 19.4 Å². The van der Waals surface area contributed by atoms with Crippen LogP contribution in [0.3, 0.4) is 0 Å². The third-order valence-electron chi connectivity index (χ3n) is 4.01. The van der Waals surface area contributed by atoms with Gasteiger partial charge in [-0.1, -0.05) is 6.92 Å². The zero-order valence-corrected chi connectivity index (χ0v) is 16.5. The van der Waals surface area contributed by atoms with Gasteiger partial charge in [-0.05, 0) is 13.3 Å². The Balaban J connectivity index is 2.37. The molecule has 1 fully saturated rings. The molecule has 0 spiro atoms. The van der Waals surface area contributed by atoms with Crippen molar-refractivity contribution in [2.75, 3.05) is 65.7 Å². The van der Waals surface area contributed by atoms with Crippen molar-refractivity contribution >= 4 is 22.1 Å². The molecule has 0 aromatic carbocycles. The lowest BCUT2D eigenvalue weighted by molar-refractivity contribution is 0.0914. The van der Waals surface area contributed by atoms with E-state index in [1.54, 1.807) is 18.9 Å². The van der Waals surface area contributed by atoms with Crippen LogP contribution in [-0.2, 0) is 14.8 Å². The molecule has 1 aliphatic heterocycles. The third-order valence-corrected chi connectivity index (χ3v) is 5.38. The normalized spacial score (nSPS) is 16.3. The van der Waals surface area contributed by atoms with Crippen LogP contribution in [0.2, 0.25) is 0 Å². The minimum absolute atomic E-state index is 0.273. The van der Waals surface area contributed by atoms with E-state index in [1.165, 1.54) is 10.6 Å². The zero-order valence-electron chi connectivity index (χ0n) is 15.7. The first-order valence-electron chi connectivity index (χ1n) is 8.65. The fourth-order valence-electron chi connectivity index (χ4n) is 2.66. The molecule has 1 heterocycles.